The molecule has 10 heteroatoms. The number of aromatic carboxylic acids is 1. The van der Waals surface area contributed by atoms with E-state index in [0.29, 0.717) is 42.9 Å². The molecule has 0 aromatic heterocycles. The quantitative estimate of drug-likeness (QED) is 0.501. The molecule has 0 saturated heterocycles. The molecule has 0 bridgehead atoms. The average molecular weight is 543 g/mol. The number of carbonyl (C=O) groups is 3. The highest BCUT2D eigenvalue weighted by atomic mass is 19.1. The molecule has 0 spiro atoms. The number of rotatable bonds is 7. The van der Waals surface area contributed by atoms with Gasteiger partial charge in [0.1, 0.15) is 23.3 Å². The number of hydrogen-bond acceptors (Lipinski definition) is 6. The van der Waals surface area contributed by atoms with Crippen LogP contribution in [0.25, 0.3) is 0 Å². The van der Waals surface area contributed by atoms with Gasteiger partial charge in [-0.2, -0.15) is 4.79 Å². The normalized spacial score (nSPS) is 15.1. The van der Waals surface area contributed by atoms with Crippen LogP contribution in [-0.4, -0.2) is 77.1 Å². The van der Waals surface area contributed by atoms with Gasteiger partial charge in [0.2, 0.25) is 0 Å². The number of carbonyl (C=O) groups excluding carboxylic acids is 2. The van der Waals surface area contributed by atoms with Gasteiger partial charge in [0.05, 0.1) is 24.2 Å². The number of carboxylic acid groups (broad SMARTS) is 1. The Morgan fingerprint density at radius 1 is 1.10 bits per heavy atom. The second-order valence-corrected chi connectivity index (χ2v) is 10.8. The summed E-state index contributed by atoms with van der Waals surface area (Å²) < 4.78 is 28.1. The SMILES string of the molecule is CNC(=O)c1cc(C(=O)O)c(C)cc1O[C@H](CN1CC[N+](C(=O)OC(C)(C)C)=C(C)C1)c1ccc(C)c(F)c1. The van der Waals surface area contributed by atoms with Crippen LogP contribution in [0, 0.1) is 19.7 Å². The first-order valence-electron chi connectivity index (χ1n) is 12.8. The Hall–Kier alpha value is -3.79. The van der Waals surface area contributed by atoms with E-state index in [1.54, 1.807) is 30.6 Å². The number of nitrogens with zero attached hydrogens (tertiary/aromatic N) is 2. The Bertz CT molecular complexity index is 1310. The van der Waals surface area contributed by atoms with E-state index in [1.807, 2.05) is 27.7 Å². The number of carboxylic acids is 1. The van der Waals surface area contributed by atoms with E-state index >= 15 is 0 Å². The summed E-state index contributed by atoms with van der Waals surface area (Å²) in [5.74, 6) is -1.86. The largest absolute Gasteiger partial charge is 0.596 e. The van der Waals surface area contributed by atoms with Crippen LogP contribution in [0.2, 0.25) is 0 Å². The molecule has 0 radical (unpaired) electrons. The molecule has 9 nitrogen and oxygen atoms in total. The summed E-state index contributed by atoms with van der Waals surface area (Å²) in [6, 6.07) is 7.65. The van der Waals surface area contributed by atoms with E-state index in [9.17, 15) is 23.9 Å². The van der Waals surface area contributed by atoms with Crippen molar-refractivity contribution in [2.45, 2.75) is 53.2 Å². The number of amides is 2. The van der Waals surface area contributed by atoms with Gasteiger partial charge in [-0.3, -0.25) is 9.69 Å². The Morgan fingerprint density at radius 3 is 2.36 bits per heavy atom. The van der Waals surface area contributed by atoms with Crippen LogP contribution in [0.15, 0.2) is 30.3 Å². The van der Waals surface area contributed by atoms with Crippen LogP contribution < -0.4 is 10.1 Å². The minimum atomic E-state index is -1.16. The summed E-state index contributed by atoms with van der Waals surface area (Å²) in [6.07, 6.45) is -1.10. The van der Waals surface area contributed by atoms with Crippen LogP contribution in [0.3, 0.4) is 0 Å². The van der Waals surface area contributed by atoms with Crippen molar-refractivity contribution in [1.29, 1.82) is 0 Å². The van der Waals surface area contributed by atoms with Gasteiger partial charge >= 0.3 is 12.1 Å². The maximum atomic E-state index is 14.6. The molecular weight excluding hydrogens is 505 g/mol. The lowest BCUT2D eigenvalue weighted by molar-refractivity contribution is -0.458. The molecule has 0 unspecified atom stereocenters. The minimum absolute atomic E-state index is 0.0117. The smallest absolute Gasteiger partial charge is 0.484 e. The standard InChI is InChI=1S/C29H36FN3O6/c1-17-8-9-20(13-23(17)30)25(16-32-10-11-33(19(3)15-32)28(37)39-29(4,5)6)38-24-12-18(2)21(27(35)36)14-22(24)26(34)31-7/h8-9,12-14,25H,10-11,15-16H2,1-7H3,(H-,31,34,35,36)/p+1/t25-/m1/s1. The molecule has 2 aromatic carbocycles. The molecule has 1 atom stereocenters. The van der Waals surface area contributed by atoms with Gasteiger partial charge in [-0.25, -0.2) is 9.18 Å². The van der Waals surface area contributed by atoms with Crippen molar-refractivity contribution in [3.63, 3.8) is 0 Å². The van der Waals surface area contributed by atoms with Crippen molar-refractivity contribution in [2.75, 3.05) is 33.2 Å². The summed E-state index contributed by atoms with van der Waals surface area (Å²) in [6.45, 7) is 12.3. The Balaban J connectivity index is 1.96. The number of nitrogens with one attached hydrogen (secondary N) is 1. The van der Waals surface area contributed by atoms with Gasteiger partial charge in [-0.1, -0.05) is 12.1 Å². The van der Waals surface area contributed by atoms with E-state index in [4.69, 9.17) is 9.47 Å². The molecule has 1 heterocycles. The van der Waals surface area contributed by atoms with Crippen molar-refractivity contribution in [3.8, 4) is 5.75 Å². The van der Waals surface area contributed by atoms with Gasteiger partial charge in [0.15, 0.2) is 12.3 Å². The fraction of sp³-hybridized carbons (Fsp3) is 0.448. The first kappa shape index (κ1) is 29.8. The zero-order valence-corrected chi connectivity index (χ0v) is 23.6. The van der Waals surface area contributed by atoms with Crippen LogP contribution >= 0.6 is 0 Å². The average Bonchev–Trinajstić information content (AvgIpc) is 2.83. The van der Waals surface area contributed by atoms with Crippen molar-refractivity contribution in [3.05, 3.63) is 64.0 Å². The van der Waals surface area contributed by atoms with Crippen LogP contribution in [0.1, 0.15) is 71.2 Å². The second-order valence-electron chi connectivity index (χ2n) is 10.8. The summed E-state index contributed by atoms with van der Waals surface area (Å²) in [7, 11) is 1.45. The number of hydrogen-bond donors (Lipinski definition) is 2. The summed E-state index contributed by atoms with van der Waals surface area (Å²) >= 11 is 0. The fourth-order valence-corrected chi connectivity index (χ4v) is 4.37. The van der Waals surface area contributed by atoms with Crippen LogP contribution in [0.5, 0.6) is 5.75 Å². The highest BCUT2D eigenvalue weighted by Crippen LogP contribution is 2.30. The summed E-state index contributed by atoms with van der Waals surface area (Å²) in [5, 5.41) is 12.1. The van der Waals surface area contributed by atoms with E-state index < -0.39 is 29.7 Å². The Labute approximate surface area is 228 Å². The molecule has 0 aliphatic carbocycles. The number of ether oxygens (including phenoxy) is 2. The highest BCUT2D eigenvalue weighted by molar-refractivity contribution is 6.00. The zero-order valence-electron chi connectivity index (χ0n) is 23.6. The van der Waals surface area contributed by atoms with Gasteiger partial charge in [0.25, 0.3) is 5.91 Å². The molecule has 0 fully saturated rings. The van der Waals surface area contributed by atoms with Crippen molar-refractivity contribution < 1.29 is 37.9 Å². The predicted molar refractivity (Wildman–Crippen MR) is 145 cm³/mol. The molecule has 2 aromatic rings. The Morgan fingerprint density at radius 2 is 1.79 bits per heavy atom. The monoisotopic (exact) mass is 542 g/mol. The third-order valence-corrected chi connectivity index (χ3v) is 6.46. The summed E-state index contributed by atoms with van der Waals surface area (Å²) in [4.78, 5) is 39.1. The molecule has 1 aliphatic rings. The lowest BCUT2D eigenvalue weighted by Crippen LogP contribution is -2.48. The molecule has 2 N–H and O–H groups in total. The van der Waals surface area contributed by atoms with Crippen LogP contribution in [0.4, 0.5) is 9.18 Å². The molecular formula is C29H37FN3O6+. The first-order valence-corrected chi connectivity index (χ1v) is 12.8. The van der Waals surface area contributed by atoms with Crippen molar-refractivity contribution in [2.24, 2.45) is 0 Å². The maximum absolute atomic E-state index is 14.6. The summed E-state index contributed by atoms with van der Waals surface area (Å²) in [5.41, 5.74) is 1.72. The third kappa shape index (κ3) is 7.41. The molecule has 3 rings (SSSR count). The fourth-order valence-electron chi connectivity index (χ4n) is 4.37. The van der Waals surface area contributed by atoms with E-state index in [0.717, 1.165) is 5.71 Å². The van der Waals surface area contributed by atoms with Crippen molar-refractivity contribution in [1.82, 2.24) is 10.2 Å². The van der Waals surface area contributed by atoms with E-state index in [2.05, 4.69) is 10.2 Å². The number of halogens is 1. The predicted octanol–water partition coefficient (Wildman–Crippen LogP) is 4.34. The number of aryl methyl sites for hydroxylation is 2. The lowest BCUT2D eigenvalue weighted by Gasteiger charge is -2.30. The maximum Gasteiger partial charge on any atom is 0.596 e. The molecule has 2 amide bonds. The Kier molecular flexibility index (Phi) is 9.11. The molecule has 210 valence electrons. The van der Waals surface area contributed by atoms with Gasteiger partial charge in [-0.15, -0.1) is 4.58 Å². The third-order valence-electron chi connectivity index (χ3n) is 6.46. The number of benzene rings is 2. The van der Waals surface area contributed by atoms with Gasteiger partial charge < -0.3 is 19.9 Å². The molecule has 39 heavy (non-hydrogen) atoms. The molecule has 0 saturated carbocycles. The topological polar surface area (TPSA) is 108 Å². The van der Waals surface area contributed by atoms with E-state index in [-0.39, 0.29) is 22.7 Å². The molecule has 1 aliphatic heterocycles. The van der Waals surface area contributed by atoms with Crippen molar-refractivity contribution >= 4 is 23.7 Å². The van der Waals surface area contributed by atoms with E-state index in [1.165, 1.54) is 25.2 Å². The second kappa shape index (κ2) is 11.9. The van der Waals surface area contributed by atoms with Gasteiger partial charge in [0, 0.05) is 20.5 Å². The first-order chi connectivity index (χ1) is 18.2. The van der Waals surface area contributed by atoms with Crippen LogP contribution in [-0.2, 0) is 4.74 Å². The lowest BCUT2D eigenvalue weighted by atomic mass is 10.0. The highest BCUT2D eigenvalue weighted by Gasteiger charge is 2.34. The van der Waals surface area contributed by atoms with Gasteiger partial charge in [-0.05, 0) is 69.5 Å². The minimum Gasteiger partial charge on any atom is -0.484 e. The zero-order chi connectivity index (χ0) is 29.1.